The predicted octanol–water partition coefficient (Wildman–Crippen LogP) is 0.933. The first-order valence-electron chi connectivity index (χ1n) is 11.5. The van der Waals surface area contributed by atoms with E-state index in [9.17, 15) is 9.59 Å². The van der Waals surface area contributed by atoms with Crippen LogP contribution < -0.4 is 0 Å². The van der Waals surface area contributed by atoms with Crippen molar-refractivity contribution in [3.8, 4) is 0 Å². The van der Waals surface area contributed by atoms with Gasteiger partial charge in [0.2, 0.25) is 11.8 Å². The Balaban J connectivity index is 1.12. The minimum absolute atomic E-state index is 0.109. The second-order valence-corrected chi connectivity index (χ2v) is 9.39. The number of rotatable bonds is 4. The van der Waals surface area contributed by atoms with Gasteiger partial charge in [-0.15, -0.1) is 0 Å². The summed E-state index contributed by atoms with van der Waals surface area (Å²) >= 11 is 0. The molecule has 30 heavy (non-hydrogen) atoms. The first-order valence-corrected chi connectivity index (χ1v) is 11.5. The molecule has 3 saturated heterocycles. The zero-order valence-electron chi connectivity index (χ0n) is 17.7. The molecule has 0 unspecified atom stereocenters. The van der Waals surface area contributed by atoms with Gasteiger partial charge in [0, 0.05) is 63.0 Å². The molecule has 1 saturated carbocycles. The van der Waals surface area contributed by atoms with Crippen LogP contribution in [0.2, 0.25) is 0 Å². The number of hydrogen-bond acceptors (Lipinski definition) is 5. The Kier molecular flexibility index (Phi) is 5.78. The van der Waals surface area contributed by atoms with Gasteiger partial charge in [-0.2, -0.15) is 5.10 Å². The fraction of sp³-hybridized carbons (Fsp3) is 0.773. The monoisotopic (exact) mass is 415 g/mol. The summed E-state index contributed by atoms with van der Waals surface area (Å²) in [4.78, 5) is 32.3. The Bertz CT molecular complexity index is 740. The number of H-pyrrole nitrogens is 1. The number of aromatic nitrogens is 2. The summed E-state index contributed by atoms with van der Waals surface area (Å²) < 4.78 is 5.38. The molecule has 3 atom stereocenters. The van der Waals surface area contributed by atoms with Crippen LogP contribution in [0, 0.1) is 17.8 Å². The molecule has 4 aliphatic rings. The second-order valence-electron chi connectivity index (χ2n) is 9.39. The molecule has 0 radical (unpaired) electrons. The van der Waals surface area contributed by atoms with Crippen molar-refractivity contribution in [2.24, 2.45) is 17.8 Å². The highest BCUT2D eigenvalue weighted by atomic mass is 16.5. The summed E-state index contributed by atoms with van der Waals surface area (Å²) in [7, 11) is 0. The van der Waals surface area contributed by atoms with Crippen LogP contribution in [0.4, 0.5) is 0 Å². The summed E-state index contributed by atoms with van der Waals surface area (Å²) in [6.07, 6.45) is 5.86. The fourth-order valence-corrected chi connectivity index (χ4v) is 5.78. The van der Waals surface area contributed by atoms with Crippen LogP contribution in [0.3, 0.4) is 0 Å². The Morgan fingerprint density at radius 3 is 2.57 bits per heavy atom. The number of nitrogens with zero attached hydrogens (tertiary/aromatic N) is 4. The number of carbonyl (C=O) groups excluding carboxylic acids is 2. The molecule has 1 N–H and O–H groups in total. The van der Waals surface area contributed by atoms with E-state index in [-0.39, 0.29) is 11.8 Å². The molecule has 5 rings (SSSR count). The van der Waals surface area contributed by atoms with Crippen molar-refractivity contribution in [3.05, 3.63) is 18.0 Å². The number of nitrogens with one attached hydrogen (secondary N) is 1. The molecule has 1 aromatic rings. The quantitative estimate of drug-likeness (QED) is 0.791. The van der Waals surface area contributed by atoms with E-state index in [1.54, 1.807) is 6.20 Å². The third-order valence-electron chi connectivity index (χ3n) is 7.78. The molecule has 3 aliphatic heterocycles. The maximum Gasteiger partial charge on any atom is 0.236 e. The van der Waals surface area contributed by atoms with Gasteiger partial charge in [0.25, 0.3) is 0 Å². The maximum atomic E-state index is 13.2. The van der Waals surface area contributed by atoms with Gasteiger partial charge in [-0.05, 0) is 43.6 Å². The molecule has 8 nitrogen and oxygen atoms in total. The maximum absolute atomic E-state index is 13.2. The van der Waals surface area contributed by atoms with Crippen LogP contribution in [-0.4, -0.2) is 95.7 Å². The van der Waals surface area contributed by atoms with Gasteiger partial charge in [-0.3, -0.25) is 19.6 Å². The van der Waals surface area contributed by atoms with E-state index in [0.29, 0.717) is 43.4 Å². The van der Waals surface area contributed by atoms with Crippen molar-refractivity contribution >= 4 is 11.8 Å². The van der Waals surface area contributed by atoms with Gasteiger partial charge in [-0.1, -0.05) is 0 Å². The molecule has 1 aliphatic carbocycles. The van der Waals surface area contributed by atoms with Gasteiger partial charge >= 0.3 is 0 Å². The van der Waals surface area contributed by atoms with Crippen molar-refractivity contribution in [3.63, 3.8) is 0 Å². The zero-order chi connectivity index (χ0) is 20.5. The predicted molar refractivity (Wildman–Crippen MR) is 111 cm³/mol. The van der Waals surface area contributed by atoms with E-state index in [1.807, 2.05) is 11.0 Å². The van der Waals surface area contributed by atoms with Crippen LogP contribution in [0.15, 0.2) is 12.3 Å². The van der Waals surface area contributed by atoms with Crippen molar-refractivity contribution < 1.29 is 14.3 Å². The minimum Gasteiger partial charge on any atom is -0.379 e. The highest BCUT2D eigenvalue weighted by Crippen LogP contribution is 2.46. The molecule has 1 aromatic heterocycles. The topological polar surface area (TPSA) is 81.8 Å². The van der Waals surface area contributed by atoms with E-state index in [4.69, 9.17) is 4.74 Å². The third-order valence-corrected chi connectivity index (χ3v) is 7.78. The lowest BCUT2D eigenvalue weighted by molar-refractivity contribution is -0.153. The third kappa shape index (κ3) is 3.99. The Labute approximate surface area is 177 Å². The van der Waals surface area contributed by atoms with E-state index in [2.05, 4.69) is 20.0 Å². The van der Waals surface area contributed by atoms with Gasteiger partial charge < -0.3 is 14.5 Å². The molecular formula is C22H33N5O3. The normalized spacial score (nSPS) is 30.6. The molecule has 0 bridgehead atoms. The standard InChI is InChI=1S/C22H33N5O3/c28-21(15-25-9-11-30-12-10-25)27-8-4-17-13-18(19(17)14-27)22(29)26-6-2-16(3-7-26)20-1-5-23-24-20/h1,5,16-19H,2-4,6-15H2,(H,23,24)/t17-,18-,19-/m1/s1. The Hall–Kier alpha value is -1.93. The van der Waals surface area contributed by atoms with Crippen molar-refractivity contribution in [1.82, 2.24) is 24.9 Å². The lowest BCUT2D eigenvalue weighted by Crippen LogP contribution is -2.58. The van der Waals surface area contributed by atoms with Gasteiger partial charge in [-0.25, -0.2) is 0 Å². The SMILES string of the molecule is O=C(CN1CCOCC1)N1CC[C@@H]2C[C@@H](C(=O)N3CCC(c4ccn[nH]4)CC3)[C@@H]2C1. The van der Waals surface area contributed by atoms with Crippen LogP contribution in [-0.2, 0) is 14.3 Å². The zero-order valence-corrected chi connectivity index (χ0v) is 17.7. The Morgan fingerprint density at radius 2 is 1.83 bits per heavy atom. The van der Waals surface area contributed by atoms with Crippen molar-refractivity contribution in [1.29, 1.82) is 0 Å². The summed E-state index contributed by atoms with van der Waals surface area (Å²) in [5, 5.41) is 7.13. The lowest BCUT2D eigenvalue weighted by atomic mass is 9.61. The molecular weight excluding hydrogens is 382 g/mol. The summed E-state index contributed by atoms with van der Waals surface area (Å²) in [6.45, 7) is 6.85. The van der Waals surface area contributed by atoms with Crippen LogP contribution in [0.1, 0.15) is 37.3 Å². The number of morpholine rings is 1. The van der Waals surface area contributed by atoms with Crippen LogP contribution in [0.25, 0.3) is 0 Å². The first kappa shape index (κ1) is 20.0. The summed E-state index contributed by atoms with van der Waals surface area (Å²) in [6, 6.07) is 2.04. The number of aromatic amines is 1. The van der Waals surface area contributed by atoms with Crippen molar-refractivity contribution in [2.75, 3.05) is 59.0 Å². The molecule has 4 heterocycles. The first-order chi connectivity index (χ1) is 14.7. The lowest BCUT2D eigenvalue weighted by Gasteiger charge is -2.51. The van der Waals surface area contributed by atoms with Crippen LogP contribution >= 0.6 is 0 Å². The molecule has 164 valence electrons. The summed E-state index contributed by atoms with van der Waals surface area (Å²) in [5.41, 5.74) is 1.19. The smallest absolute Gasteiger partial charge is 0.236 e. The fourth-order valence-electron chi connectivity index (χ4n) is 5.78. The van der Waals surface area contributed by atoms with Gasteiger partial charge in [0.15, 0.2) is 0 Å². The number of carbonyl (C=O) groups is 2. The number of fused-ring (bicyclic) bond motifs is 1. The number of amides is 2. The number of likely N-dealkylation sites (tertiary alicyclic amines) is 2. The van der Waals surface area contributed by atoms with Crippen LogP contribution in [0.5, 0.6) is 0 Å². The number of ether oxygens (including phenoxy) is 1. The highest BCUT2D eigenvalue weighted by molar-refractivity contribution is 5.81. The molecule has 2 amide bonds. The molecule has 4 fully saturated rings. The van der Waals surface area contributed by atoms with E-state index in [0.717, 1.165) is 65.0 Å². The Morgan fingerprint density at radius 1 is 1.07 bits per heavy atom. The van der Waals surface area contributed by atoms with Gasteiger partial charge in [0.1, 0.15) is 0 Å². The van der Waals surface area contributed by atoms with E-state index < -0.39 is 0 Å². The number of piperidine rings is 2. The molecule has 8 heteroatoms. The van der Waals surface area contributed by atoms with Gasteiger partial charge in [0.05, 0.1) is 19.8 Å². The number of hydrogen-bond donors (Lipinski definition) is 1. The average Bonchev–Trinajstić information content (AvgIpc) is 3.30. The largest absolute Gasteiger partial charge is 0.379 e. The van der Waals surface area contributed by atoms with E-state index >= 15 is 0 Å². The minimum atomic E-state index is 0.109. The highest BCUT2D eigenvalue weighted by Gasteiger charge is 2.49. The molecule has 0 spiro atoms. The second kappa shape index (κ2) is 8.67. The van der Waals surface area contributed by atoms with Crippen molar-refractivity contribution in [2.45, 2.75) is 31.6 Å². The molecule has 0 aromatic carbocycles. The summed E-state index contributed by atoms with van der Waals surface area (Å²) in [5.74, 6) is 2.10. The average molecular weight is 416 g/mol. The van der Waals surface area contributed by atoms with E-state index in [1.165, 1.54) is 5.69 Å².